The summed E-state index contributed by atoms with van der Waals surface area (Å²) in [5, 5.41) is 2.37. The molecule has 0 aliphatic carbocycles. The molecular weight excluding hydrogens is 253 g/mol. The fourth-order valence-corrected chi connectivity index (χ4v) is 1.56. The molecule has 0 fully saturated rings. The van der Waals surface area contributed by atoms with Crippen LogP contribution in [0.2, 0.25) is 0 Å². The first-order chi connectivity index (χ1) is 8.60. The highest BCUT2D eigenvalue weighted by molar-refractivity contribution is 6.17. The van der Waals surface area contributed by atoms with Crippen LogP contribution < -0.4 is 5.32 Å². The van der Waals surface area contributed by atoms with Crippen molar-refractivity contribution in [3.63, 3.8) is 0 Å². The summed E-state index contributed by atoms with van der Waals surface area (Å²) in [6.07, 6.45) is 2.40. The van der Waals surface area contributed by atoms with Gasteiger partial charge in [-0.2, -0.15) is 0 Å². The van der Waals surface area contributed by atoms with Crippen molar-refractivity contribution in [3.05, 3.63) is 72.2 Å². The Labute approximate surface area is 110 Å². The summed E-state index contributed by atoms with van der Waals surface area (Å²) in [4.78, 5) is 11.9. The molecule has 2 nitrogen and oxygen atoms in total. The monoisotopic (exact) mass is 265 g/mol. The lowest BCUT2D eigenvalue weighted by molar-refractivity contribution is 0.0965. The van der Waals surface area contributed by atoms with Crippen LogP contribution in [0.4, 0.5) is 4.39 Å². The third kappa shape index (κ3) is 3.57. The maximum Gasteiger partial charge on any atom is 0.256 e. The van der Waals surface area contributed by atoms with Crippen molar-refractivity contribution in [1.82, 2.24) is 5.32 Å². The van der Waals surface area contributed by atoms with Crippen LogP contribution in [0.1, 0.15) is 15.9 Å². The predicted octanol–water partition coefficient (Wildman–Crippen LogP) is 3.71. The zero-order chi connectivity index (χ0) is 13.5. The van der Waals surface area contributed by atoms with E-state index in [4.69, 9.17) is 11.6 Å². The highest BCUT2D eigenvalue weighted by Crippen LogP contribution is 2.13. The lowest BCUT2D eigenvalue weighted by Gasteiger charge is -2.09. The fourth-order valence-electron chi connectivity index (χ4n) is 1.33. The predicted molar refractivity (Wildman–Crippen MR) is 72.0 cm³/mol. The van der Waals surface area contributed by atoms with E-state index in [0.29, 0.717) is 11.1 Å². The molecular formula is C14H13ClFNO. The molecule has 0 saturated carbocycles. The number of nitrogens with one attached hydrogen (secondary N) is 1. The molecule has 0 radical (unpaired) electrons. The second kappa shape index (κ2) is 6.77. The second-order valence-electron chi connectivity index (χ2n) is 3.47. The van der Waals surface area contributed by atoms with Crippen molar-refractivity contribution < 1.29 is 9.18 Å². The molecule has 0 unspecified atom stereocenters. The molecule has 4 heteroatoms. The molecule has 0 aliphatic heterocycles. The van der Waals surface area contributed by atoms with Crippen LogP contribution in [-0.4, -0.2) is 5.91 Å². The number of hydrogen-bond acceptors (Lipinski definition) is 1. The fraction of sp³-hybridized carbons (Fsp3) is 0.0714. The number of carbonyl (C=O) groups excluding carboxylic acids is 1. The Hall–Kier alpha value is -1.87. The van der Waals surface area contributed by atoms with Gasteiger partial charge >= 0.3 is 0 Å². The number of benzene rings is 1. The third-order valence-corrected chi connectivity index (χ3v) is 2.51. The molecule has 0 spiro atoms. The smallest absolute Gasteiger partial charge is 0.256 e. The molecule has 0 aliphatic rings. The maximum atomic E-state index is 13.3. The third-order valence-electron chi connectivity index (χ3n) is 2.22. The Balaban J connectivity index is 2.86. The summed E-state index contributed by atoms with van der Waals surface area (Å²) in [5.74, 6) is -0.869. The van der Waals surface area contributed by atoms with E-state index in [1.807, 2.05) is 0 Å². The molecule has 1 amide bonds. The molecule has 1 N–H and O–H groups in total. The topological polar surface area (TPSA) is 29.1 Å². The van der Waals surface area contributed by atoms with Gasteiger partial charge in [-0.15, -0.1) is 11.6 Å². The summed E-state index contributed by atoms with van der Waals surface area (Å²) < 4.78 is 13.3. The Bertz CT molecular complexity index is 508. The number of alkyl halides is 1. The van der Waals surface area contributed by atoms with E-state index in [1.165, 1.54) is 6.08 Å². The highest BCUT2D eigenvalue weighted by Gasteiger charge is 2.12. The number of hydrogen-bond donors (Lipinski definition) is 1. The van der Waals surface area contributed by atoms with E-state index in [9.17, 15) is 9.18 Å². The minimum absolute atomic E-state index is 0.107. The first kappa shape index (κ1) is 14.2. The summed E-state index contributed by atoms with van der Waals surface area (Å²) in [5.41, 5.74) is 0.974. The molecule has 18 heavy (non-hydrogen) atoms. The van der Waals surface area contributed by atoms with E-state index in [1.54, 1.807) is 24.3 Å². The van der Waals surface area contributed by atoms with Gasteiger partial charge in [0.15, 0.2) is 0 Å². The van der Waals surface area contributed by atoms with E-state index >= 15 is 0 Å². The summed E-state index contributed by atoms with van der Waals surface area (Å²) >= 11 is 5.72. The molecule has 0 saturated heterocycles. The average molecular weight is 266 g/mol. The standard InChI is InChI=1S/C14H13ClFNO/c1-3-6-13(16)10(2)17-14(18)12-8-5-4-7-11(12)9-15/h3-8H,1-2,9H2,(H,17,18)/b13-6+. The van der Waals surface area contributed by atoms with Crippen molar-refractivity contribution in [3.8, 4) is 0 Å². The lowest BCUT2D eigenvalue weighted by Crippen LogP contribution is -2.23. The SMILES string of the molecule is C=C/C=C(/F)C(=C)NC(=O)c1ccccc1CCl. The van der Waals surface area contributed by atoms with Gasteiger partial charge < -0.3 is 5.32 Å². The van der Waals surface area contributed by atoms with Crippen LogP contribution in [-0.2, 0) is 5.88 Å². The van der Waals surface area contributed by atoms with Crippen molar-refractivity contribution in [2.24, 2.45) is 0 Å². The van der Waals surface area contributed by atoms with E-state index in [0.717, 1.165) is 6.08 Å². The molecule has 1 aromatic carbocycles. The average Bonchev–Trinajstić information content (AvgIpc) is 2.38. The van der Waals surface area contributed by atoms with Crippen LogP contribution in [0.3, 0.4) is 0 Å². The molecule has 0 bridgehead atoms. The Morgan fingerprint density at radius 2 is 2.11 bits per heavy atom. The minimum Gasteiger partial charge on any atom is -0.320 e. The minimum atomic E-state index is -0.637. The van der Waals surface area contributed by atoms with E-state index in [2.05, 4.69) is 18.5 Å². The molecule has 1 aromatic rings. The summed E-state index contributed by atoms with van der Waals surface area (Å²) in [6.45, 7) is 6.80. The largest absolute Gasteiger partial charge is 0.320 e. The Morgan fingerprint density at radius 3 is 2.72 bits per heavy atom. The number of halogens is 2. The van der Waals surface area contributed by atoms with E-state index < -0.39 is 11.7 Å². The number of allylic oxidation sites excluding steroid dienone is 3. The van der Waals surface area contributed by atoms with Crippen molar-refractivity contribution in [1.29, 1.82) is 0 Å². The van der Waals surface area contributed by atoms with Crippen LogP contribution in [0, 0.1) is 0 Å². The van der Waals surface area contributed by atoms with Crippen molar-refractivity contribution >= 4 is 17.5 Å². The summed E-state index contributed by atoms with van der Waals surface area (Å²) in [7, 11) is 0. The quantitative estimate of drug-likeness (QED) is 0.638. The van der Waals surface area contributed by atoms with E-state index in [-0.39, 0.29) is 11.6 Å². The maximum absolute atomic E-state index is 13.3. The van der Waals surface area contributed by atoms with Gasteiger partial charge in [-0.05, 0) is 17.7 Å². The lowest BCUT2D eigenvalue weighted by atomic mass is 10.1. The van der Waals surface area contributed by atoms with Crippen molar-refractivity contribution in [2.45, 2.75) is 5.88 Å². The number of rotatable bonds is 5. The molecule has 0 heterocycles. The number of amides is 1. The van der Waals surface area contributed by atoms with Gasteiger partial charge in [0.1, 0.15) is 5.83 Å². The number of carbonyl (C=O) groups is 1. The first-order valence-electron chi connectivity index (χ1n) is 5.23. The van der Waals surface area contributed by atoms with Crippen LogP contribution in [0.5, 0.6) is 0 Å². The first-order valence-corrected chi connectivity index (χ1v) is 5.76. The molecule has 1 rings (SSSR count). The zero-order valence-corrected chi connectivity index (χ0v) is 10.5. The van der Waals surface area contributed by atoms with Gasteiger partial charge in [0.25, 0.3) is 5.91 Å². The van der Waals surface area contributed by atoms with Crippen molar-refractivity contribution in [2.75, 3.05) is 0 Å². The van der Waals surface area contributed by atoms with Gasteiger partial charge in [-0.1, -0.05) is 37.4 Å². The van der Waals surface area contributed by atoms with Crippen LogP contribution in [0.25, 0.3) is 0 Å². The van der Waals surface area contributed by atoms with Gasteiger partial charge in [-0.25, -0.2) is 4.39 Å². The Kier molecular flexibility index (Phi) is 5.33. The summed E-state index contributed by atoms with van der Waals surface area (Å²) in [6, 6.07) is 6.85. The Morgan fingerprint density at radius 1 is 1.44 bits per heavy atom. The highest BCUT2D eigenvalue weighted by atomic mass is 35.5. The molecule has 0 atom stereocenters. The molecule has 94 valence electrons. The van der Waals surface area contributed by atoms with Crippen LogP contribution in [0.15, 0.2) is 61.1 Å². The van der Waals surface area contributed by atoms with Gasteiger partial charge in [0.2, 0.25) is 0 Å². The van der Waals surface area contributed by atoms with Gasteiger partial charge in [0.05, 0.1) is 5.70 Å². The van der Waals surface area contributed by atoms with Crippen LogP contribution >= 0.6 is 11.6 Å². The zero-order valence-electron chi connectivity index (χ0n) is 9.75. The normalized spacial score (nSPS) is 10.9. The van der Waals surface area contributed by atoms with Gasteiger partial charge in [-0.3, -0.25) is 4.79 Å². The molecule has 0 aromatic heterocycles. The van der Waals surface area contributed by atoms with Gasteiger partial charge in [0, 0.05) is 11.4 Å². The second-order valence-corrected chi connectivity index (χ2v) is 3.74.